The van der Waals surface area contributed by atoms with Crippen LogP contribution in [0, 0.1) is 22.7 Å². The van der Waals surface area contributed by atoms with E-state index in [9.17, 15) is 19.8 Å². The molecule has 1 aliphatic heterocycles. The summed E-state index contributed by atoms with van der Waals surface area (Å²) in [5.74, 6) is -2.46. The van der Waals surface area contributed by atoms with Gasteiger partial charge in [-0.25, -0.2) is 4.39 Å². The molecule has 0 bridgehead atoms. The van der Waals surface area contributed by atoms with Gasteiger partial charge in [-0.15, -0.1) is 0 Å². The Balaban J connectivity index is 1.64. The van der Waals surface area contributed by atoms with Gasteiger partial charge in [-0.1, -0.05) is 18.6 Å². The second-order valence-corrected chi connectivity index (χ2v) is 10.9. The van der Waals surface area contributed by atoms with Crippen LogP contribution in [-0.2, 0) is 19.1 Å². The van der Waals surface area contributed by atoms with Crippen LogP contribution >= 0.6 is 0 Å². The maximum Gasteiger partial charge on any atom is 0.193 e. The van der Waals surface area contributed by atoms with Crippen LogP contribution in [0.2, 0.25) is 0 Å². The van der Waals surface area contributed by atoms with Crippen molar-refractivity contribution >= 4 is 11.6 Å². The van der Waals surface area contributed by atoms with Crippen molar-refractivity contribution in [2.24, 2.45) is 22.7 Å². The molecule has 5 aliphatic rings. The maximum absolute atomic E-state index is 17.1. The number of ketones is 2. The fraction of sp³-hybridized carbons (Fsp3) is 0.750. The number of halogens is 1. The smallest absolute Gasteiger partial charge is 0.193 e. The normalized spacial score (nSPS) is 52.1. The monoisotopic (exact) mass is 434 g/mol. The van der Waals surface area contributed by atoms with Gasteiger partial charge < -0.3 is 19.7 Å². The molecule has 3 saturated carbocycles. The van der Waals surface area contributed by atoms with Gasteiger partial charge in [-0.05, 0) is 64.5 Å². The molecule has 0 spiro atoms. The predicted octanol–water partition coefficient (Wildman–Crippen LogP) is 2.42. The Morgan fingerprint density at radius 2 is 1.97 bits per heavy atom. The average molecular weight is 435 g/mol. The molecule has 2 N–H and O–H groups in total. The third-order valence-electron chi connectivity index (χ3n) is 9.19. The van der Waals surface area contributed by atoms with E-state index in [0.29, 0.717) is 19.3 Å². The van der Waals surface area contributed by atoms with Crippen molar-refractivity contribution in [1.82, 2.24) is 0 Å². The third-order valence-corrected chi connectivity index (χ3v) is 9.19. The lowest BCUT2D eigenvalue weighted by Crippen LogP contribution is -2.70. The molecule has 0 aromatic rings. The summed E-state index contributed by atoms with van der Waals surface area (Å²) in [6.07, 6.45) is 4.00. The summed E-state index contributed by atoms with van der Waals surface area (Å²) >= 11 is 0. The lowest BCUT2D eigenvalue weighted by atomic mass is 9.44. The Morgan fingerprint density at radius 1 is 1.26 bits per heavy atom. The first-order valence-electron chi connectivity index (χ1n) is 11.2. The summed E-state index contributed by atoms with van der Waals surface area (Å²) in [4.78, 5) is 25.1. The van der Waals surface area contributed by atoms with Gasteiger partial charge >= 0.3 is 0 Å². The van der Waals surface area contributed by atoms with Crippen LogP contribution in [0.4, 0.5) is 4.39 Å². The summed E-state index contributed by atoms with van der Waals surface area (Å²) in [5, 5.41) is 21.2. The summed E-state index contributed by atoms with van der Waals surface area (Å²) in [6.45, 7) is 6.41. The zero-order valence-corrected chi connectivity index (χ0v) is 18.5. The topological polar surface area (TPSA) is 93.1 Å². The Bertz CT molecular complexity index is 925. The molecule has 5 rings (SSSR count). The molecule has 1 saturated heterocycles. The quantitative estimate of drug-likeness (QED) is 0.694. The highest BCUT2D eigenvalue weighted by Crippen LogP contribution is 2.72. The van der Waals surface area contributed by atoms with E-state index < -0.39 is 58.4 Å². The number of fused-ring (bicyclic) bond motifs is 7. The van der Waals surface area contributed by atoms with Gasteiger partial charge in [-0.3, -0.25) is 9.59 Å². The van der Waals surface area contributed by atoms with Crippen LogP contribution in [0.15, 0.2) is 23.8 Å². The zero-order valence-electron chi connectivity index (χ0n) is 18.5. The highest BCUT2D eigenvalue weighted by atomic mass is 19.1. The van der Waals surface area contributed by atoms with E-state index in [4.69, 9.17) is 9.47 Å². The van der Waals surface area contributed by atoms with E-state index in [1.54, 1.807) is 26.8 Å². The van der Waals surface area contributed by atoms with Gasteiger partial charge in [0.15, 0.2) is 28.6 Å². The molecule has 4 fully saturated rings. The number of ether oxygens (including phenoxy) is 2. The molecule has 4 aliphatic carbocycles. The number of hydrogen-bond acceptors (Lipinski definition) is 6. The van der Waals surface area contributed by atoms with Gasteiger partial charge in [0.1, 0.15) is 6.61 Å². The standard InChI is InChI=1S/C24H31FO6/c1-20(2)30-19-10-16-15-6-5-13-9-14(27)7-8-21(13,3)23(15,25)17(28)11-22(16,4)24(19,31-20)18(29)12-26/h7-9,15-17,19,26,28H,5-6,10-12H2,1-4H3/t15?,16?,17-,19+,21-,22-,23-,24+/m0/s1. The van der Waals surface area contributed by atoms with E-state index in [1.165, 1.54) is 12.2 Å². The number of rotatable bonds is 2. The van der Waals surface area contributed by atoms with Gasteiger partial charge in [0.25, 0.3) is 0 Å². The van der Waals surface area contributed by atoms with E-state index >= 15 is 4.39 Å². The lowest BCUT2D eigenvalue weighted by Gasteiger charge is -2.62. The van der Waals surface area contributed by atoms with Crippen LogP contribution in [0.5, 0.6) is 0 Å². The molecule has 170 valence electrons. The first kappa shape index (κ1) is 21.4. The zero-order chi connectivity index (χ0) is 22.6. The van der Waals surface area contributed by atoms with Crippen LogP contribution in [0.25, 0.3) is 0 Å². The number of aliphatic hydroxyl groups is 2. The molecule has 1 heterocycles. The van der Waals surface area contributed by atoms with Crippen molar-refractivity contribution in [3.8, 4) is 0 Å². The molecule has 6 nitrogen and oxygen atoms in total. The largest absolute Gasteiger partial charge is 0.390 e. The summed E-state index contributed by atoms with van der Waals surface area (Å²) in [6, 6.07) is 0. The van der Waals surface area contributed by atoms with Gasteiger partial charge in [0.05, 0.1) is 12.2 Å². The number of carbonyl (C=O) groups is 2. The van der Waals surface area contributed by atoms with Crippen LogP contribution in [0.3, 0.4) is 0 Å². The minimum Gasteiger partial charge on any atom is -0.390 e. The van der Waals surface area contributed by atoms with Crippen molar-refractivity contribution in [2.45, 2.75) is 82.6 Å². The second-order valence-electron chi connectivity index (χ2n) is 10.9. The van der Waals surface area contributed by atoms with Gasteiger partial charge in [-0.2, -0.15) is 0 Å². The molecular formula is C24H31FO6. The van der Waals surface area contributed by atoms with Crippen molar-refractivity contribution < 1.29 is 33.7 Å². The van der Waals surface area contributed by atoms with Gasteiger partial charge in [0.2, 0.25) is 0 Å². The van der Waals surface area contributed by atoms with E-state index in [-0.39, 0.29) is 18.1 Å². The van der Waals surface area contributed by atoms with Crippen molar-refractivity contribution in [3.05, 3.63) is 23.8 Å². The van der Waals surface area contributed by atoms with Gasteiger partial charge in [0, 0.05) is 16.7 Å². The molecule has 0 radical (unpaired) electrons. The minimum atomic E-state index is -1.98. The molecule has 0 amide bonds. The van der Waals surface area contributed by atoms with E-state index in [2.05, 4.69) is 0 Å². The number of alkyl halides is 1. The Hall–Kier alpha value is -1.41. The summed E-state index contributed by atoms with van der Waals surface area (Å²) in [5.41, 5.74) is -4.66. The SMILES string of the molecule is CC1(C)O[C@@H]2CC3C4CCC5=CC(=O)C=C[C@]5(C)[C@@]4(F)[C@@H](O)C[C@]3(C)[C@]2(C(=O)CO)O1. The minimum absolute atomic E-state index is 0.0109. The third kappa shape index (κ3) is 2.31. The first-order chi connectivity index (χ1) is 14.4. The fourth-order valence-corrected chi connectivity index (χ4v) is 7.93. The first-order valence-corrected chi connectivity index (χ1v) is 11.2. The van der Waals surface area contributed by atoms with Crippen LogP contribution < -0.4 is 0 Å². The highest BCUT2D eigenvalue weighted by molar-refractivity contribution is 6.01. The van der Waals surface area contributed by atoms with Crippen molar-refractivity contribution in [2.75, 3.05) is 6.61 Å². The summed E-state index contributed by atoms with van der Waals surface area (Å²) < 4.78 is 29.5. The Kier molecular flexibility index (Phi) is 4.24. The Morgan fingerprint density at radius 3 is 2.65 bits per heavy atom. The van der Waals surface area contributed by atoms with Crippen LogP contribution in [-0.4, -0.2) is 57.7 Å². The molecule has 8 atom stereocenters. The molecule has 7 heteroatoms. The molecule has 31 heavy (non-hydrogen) atoms. The van der Waals surface area contributed by atoms with Crippen molar-refractivity contribution in [3.63, 3.8) is 0 Å². The average Bonchev–Trinajstić information content (AvgIpc) is 3.09. The number of hydrogen-bond donors (Lipinski definition) is 2. The molecule has 0 aromatic heterocycles. The van der Waals surface area contributed by atoms with Crippen LogP contribution in [0.1, 0.15) is 53.4 Å². The summed E-state index contributed by atoms with van der Waals surface area (Å²) in [7, 11) is 0. The Labute approximate surface area is 181 Å². The predicted molar refractivity (Wildman–Crippen MR) is 109 cm³/mol. The van der Waals surface area contributed by atoms with Crippen molar-refractivity contribution in [1.29, 1.82) is 0 Å². The molecule has 2 unspecified atom stereocenters. The second kappa shape index (κ2) is 6.13. The lowest BCUT2D eigenvalue weighted by molar-refractivity contribution is -0.246. The molecular weight excluding hydrogens is 403 g/mol. The number of allylic oxidation sites excluding steroid dienone is 4. The molecule has 0 aromatic carbocycles. The fourth-order valence-electron chi connectivity index (χ4n) is 7.93. The van der Waals surface area contributed by atoms with E-state index in [1.807, 2.05) is 6.92 Å². The van der Waals surface area contributed by atoms with E-state index in [0.717, 1.165) is 5.57 Å². The number of Topliss-reactive ketones (excluding diaryl/α,β-unsaturated/α-hetero) is 1. The number of aliphatic hydroxyl groups excluding tert-OH is 2. The highest BCUT2D eigenvalue weighted by Gasteiger charge is 2.79. The number of carbonyl (C=O) groups excluding carboxylic acids is 2. The maximum atomic E-state index is 17.1.